The van der Waals surface area contributed by atoms with Crippen LogP contribution in [0.4, 0.5) is 20.6 Å². The molecule has 3 aromatic rings. The fourth-order valence-electron chi connectivity index (χ4n) is 5.27. The third-order valence-corrected chi connectivity index (χ3v) is 8.15. The molecule has 0 fully saturated rings. The Morgan fingerprint density at radius 1 is 1.06 bits per heavy atom. The molecule has 47 heavy (non-hydrogen) atoms. The lowest BCUT2D eigenvalue weighted by Gasteiger charge is -2.35. The zero-order chi connectivity index (χ0) is 33.9. The summed E-state index contributed by atoms with van der Waals surface area (Å²) in [5, 5.41) is 15.8. The summed E-state index contributed by atoms with van der Waals surface area (Å²) in [4.78, 5) is 47.2. The number of hydrogen-bond donors (Lipinski definition) is 3. The summed E-state index contributed by atoms with van der Waals surface area (Å²) in [6.45, 7) is 6.24. The van der Waals surface area contributed by atoms with Crippen LogP contribution in [0.2, 0.25) is 0 Å². The molecule has 4 atom stereocenters. The molecule has 4 amide bonds. The zero-order valence-corrected chi connectivity index (χ0v) is 27.3. The average Bonchev–Trinajstić information content (AvgIpc) is 3.07. The van der Waals surface area contributed by atoms with Gasteiger partial charge in [0.2, 0.25) is 0 Å². The Morgan fingerprint density at radius 2 is 1.77 bits per heavy atom. The molecule has 2 aromatic carbocycles. The number of aromatic nitrogens is 1. The summed E-state index contributed by atoms with van der Waals surface area (Å²) in [6, 6.07) is 12.7. The Labute approximate surface area is 275 Å². The van der Waals surface area contributed by atoms with Gasteiger partial charge in [-0.3, -0.25) is 14.6 Å². The summed E-state index contributed by atoms with van der Waals surface area (Å²) in [5.41, 5.74) is 1.55. The first kappa shape index (κ1) is 35.3. The Kier molecular flexibility index (Phi) is 12.7. The van der Waals surface area contributed by atoms with Gasteiger partial charge in [0, 0.05) is 62.0 Å². The van der Waals surface area contributed by atoms with Crippen LogP contribution in [-0.2, 0) is 4.74 Å². The van der Waals surface area contributed by atoms with Crippen molar-refractivity contribution in [1.29, 1.82) is 0 Å². The third-order valence-electron chi connectivity index (χ3n) is 8.15. The van der Waals surface area contributed by atoms with E-state index >= 15 is 0 Å². The minimum Gasteiger partial charge on any atom is -0.490 e. The van der Waals surface area contributed by atoms with Gasteiger partial charge < -0.3 is 35.0 Å². The maximum absolute atomic E-state index is 14.3. The normalized spacial score (nSPS) is 19.8. The first-order chi connectivity index (χ1) is 22.5. The van der Waals surface area contributed by atoms with Crippen LogP contribution < -0.4 is 15.4 Å². The number of carbonyl (C=O) groups excluding carboxylic acids is 3. The second kappa shape index (κ2) is 16.8. The van der Waals surface area contributed by atoms with Gasteiger partial charge in [-0.15, -0.1) is 0 Å². The van der Waals surface area contributed by atoms with Gasteiger partial charge in [0.05, 0.1) is 30.4 Å². The van der Waals surface area contributed by atoms with Crippen LogP contribution in [0, 0.1) is 11.7 Å². The van der Waals surface area contributed by atoms with E-state index in [2.05, 4.69) is 15.6 Å². The highest BCUT2D eigenvalue weighted by Gasteiger charge is 2.31. The van der Waals surface area contributed by atoms with Gasteiger partial charge in [-0.1, -0.05) is 6.92 Å². The highest BCUT2D eigenvalue weighted by molar-refractivity contribution is 6.05. The number of ether oxygens (including phenoxy) is 2. The van der Waals surface area contributed by atoms with E-state index in [9.17, 15) is 23.9 Å². The summed E-state index contributed by atoms with van der Waals surface area (Å²) in [7, 11) is 1.65. The number of aliphatic hydroxyl groups excluding tert-OH is 1. The van der Waals surface area contributed by atoms with Crippen LogP contribution in [0.1, 0.15) is 60.7 Å². The van der Waals surface area contributed by atoms with Crippen molar-refractivity contribution in [3.8, 4) is 5.75 Å². The number of urea groups is 1. The Bertz CT molecular complexity index is 1490. The van der Waals surface area contributed by atoms with E-state index in [1.807, 2.05) is 13.8 Å². The predicted octanol–water partition coefficient (Wildman–Crippen LogP) is 5.43. The van der Waals surface area contributed by atoms with Gasteiger partial charge in [0.15, 0.2) is 0 Å². The average molecular weight is 650 g/mol. The minimum atomic E-state index is -0.557. The number of benzene rings is 2. The number of anilines is 2. The van der Waals surface area contributed by atoms with Crippen LogP contribution in [0.3, 0.4) is 0 Å². The molecule has 3 N–H and O–H groups in total. The molecular formula is C35H44FN5O6. The van der Waals surface area contributed by atoms with E-state index in [4.69, 9.17) is 9.47 Å². The smallest absolute Gasteiger partial charge is 0.321 e. The van der Waals surface area contributed by atoms with Crippen molar-refractivity contribution in [1.82, 2.24) is 14.8 Å². The van der Waals surface area contributed by atoms with Gasteiger partial charge in [0.25, 0.3) is 11.8 Å². The number of halogens is 1. The van der Waals surface area contributed by atoms with Crippen molar-refractivity contribution in [2.75, 3.05) is 44.0 Å². The largest absolute Gasteiger partial charge is 0.490 e. The van der Waals surface area contributed by atoms with Gasteiger partial charge in [-0.2, -0.15) is 0 Å². The van der Waals surface area contributed by atoms with Gasteiger partial charge in [-0.05, 0) is 87.7 Å². The molecule has 0 saturated carbocycles. The van der Waals surface area contributed by atoms with E-state index in [0.717, 1.165) is 12.8 Å². The van der Waals surface area contributed by atoms with E-state index in [-0.39, 0.29) is 55.1 Å². The number of pyridine rings is 1. The van der Waals surface area contributed by atoms with Crippen molar-refractivity contribution in [2.24, 2.45) is 5.92 Å². The number of amides is 4. The van der Waals surface area contributed by atoms with Crippen molar-refractivity contribution < 1.29 is 33.4 Å². The number of fused-ring (bicyclic) bond motifs is 1. The summed E-state index contributed by atoms with van der Waals surface area (Å²) < 4.78 is 25.9. The molecule has 1 aromatic heterocycles. The first-order valence-electron chi connectivity index (χ1n) is 15.9. The molecule has 0 bridgehead atoms. The maximum Gasteiger partial charge on any atom is 0.321 e. The quantitative estimate of drug-likeness (QED) is 0.311. The van der Waals surface area contributed by atoms with Crippen molar-refractivity contribution in [3.63, 3.8) is 0 Å². The van der Waals surface area contributed by atoms with Crippen molar-refractivity contribution >= 4 is 29.2 Å². The molecule has 0 saturated heterocycles. The number of likely N-dealkylation sites (N-methyl/N-ethyl adjacent to an activating group) is 1. The monoisotopic (exact) mass is 649 g/mol. The minimum absolute atomic E-state index is 0.207. The molecule has 0 aliphatic carbocycles. The molecule has 11 nitrogen and oxygen atoms in total. The number of hydrogen-bond acceptors (Lipinski definition) is 7. The van der Waals surface area contributed by atoms with E-state index in [1.165, 1.54) is 41.6 Å². The third kappa shape index (κ3) is 9.97. The van der Waals surface area contributed by atoms with Crippen LogP contribution in [0.5, 0.6) is 5.75 Å². The van der Waals surface area contributed by atoms with Gasteiger partial charge in [0.1, 0.15) is 11.6 Å². The van der Waals surface area contributed by atoms with Crippen LogP contribution in [0.15, 0.2) is 67.0 Å². The standard InChI is InChI=1S/C35H44FN5O6/c1-23-20-41(24(2)22-42)34(44)30-19-29(38-33(43)26-14-16-37-17-15-26)12-13-31(30)47-25(3)7-5-6-18-46-32(23)21-40(4)35(45)39-28-10-8-27(36)9-11-28/h8-17,19,23-25,32,42H,5-7,18,20-22H2,1-4H3,(H,38,43)(H,39,45)/t23-,24+,25-,32+/m0/s1. The first-order valence-corrected chi connectivity index (χ1v) is 15.9. The van der Waals surface area contributed by atoms with Crippen LogP contribution >= 0.6 is 0 Å². The number of aliphatic hydroxyl groups is 1. The molecule has 252 valence electrons. The number of nitrogens with one attached hydrogen (secondary N) is 2. The fraction of sp³-hybridized carbons (Fsp3) is 0.429. The highest BCUT2D eigenvalue weighted by atomic mass is 19.1. The molecule has 0 unspecified atom stereocenters. The highest BCUT2D eigenvalue weighted by Crippen LogP contribution is 2.29. The second-order valence-corrected chi connectivity index (χ2v) is 12.0. The number of rotatable bonds is 7. The SMILES string of the molecule is C[C@H](CO)N1C[C@H](C)[C@@H](CN(C)C(=O)Nc2ccc(F)cc2)OCCCC[C@H](C)Oc2ccc(NC(=O)c3ccncc3)cc2C1=O. The van der Waals surface area contributed by atoms with Crippen LogP contribution in [0.25, 0.3) is 0 Å². The lowest BCUT2D eigenvalue weighted by molar-refractivity contribution is -0.0115. The molecular weight excluding hydrogens is 605 g/mol. The van der Waals surface area contributed by atoms with E-state index in [0.29, 0.717) is 35.7 Å². The topological polar surface area (TPSA) is 133 Å². The number of nitrogens with zero attached hydrogens (tertiary/aromatic N) is 3. The van der Waals surface area contributed by atoms with Crippen LogP contribution in [-0.4, -0.2) is 89.3 Å². The zero-order valence-electron chi connectivity index (χ0n) is 27.3. The van der Waals surface area contributed by atoms with Crippen molar-refractivity contribution in [3.05, 3.63) is 83.9 Å². The molecule has 2 heterocycles. The van der Waals surface area contributed by atoms with E-state index < -0.39 is 18.0 Å². The molecule has 0 radical (unpaired) electrons. The Balaban J connectivity index is 1.59. The van der Waals surface area contributed by atoms with Gasteiger partial charge >= 0.3 is 6.03 Å². The lowest BCUT2D eigenvalue weighted by Crippen LogP contribution is -2.48. The molecule has 1 aliphatic heterocycles. The predicted molar refractivity (Wildman–Crippen MR) is 177 cm³/mol. The lowest BCUT2D eigenvalue weighted by atomic mass is 10.0. The molecule has 12 heteroatoms. The molecule has 0 spiro atoms. The number of carbonyl (C=O) groups is 3. The Hall–Kier alpha value is -4.55. The second-order valence-electron chi connectivity index (χ2n) is 12.0. The molecule has 1 aliphatic rings. The fourth-order valence-corrected chi connectivity index (χ4v) is 5.27. The van der Waals surface area contributed by atoms with Gasteiger partial charge in [-0.25, -0.2) is 9.18 Å². The Morgan fingerprint density at radius 3 is 2.47 bits per heavy atom. The molecule has 4 rings (SSSR count). The maximum atomic E-state index is 14.3. The summed E-state index contributed by atoms with van der Waals surface area (Å²) in [5.74, 6) is -0.997. The summed E-state index contributed by atoms with van der Waals surface area (Å²) in [6.07, 6.45) is 4.71. The van der Waals surface area contributed by atoms with E-state index in [1.54, 1.807) is 49.2 Å². The summed E-state index contributed by atoms with van der Waals surface area (Å²) >= 11 is 0. The van der Waals surface area contributed by atoms with Crippen molar-refractivity contribution in [2.45, 2.75) is 58.3 Å².